The summed E-state index contributed by atoms with van der Waals surface area (Å²) in [6.45, 7) is 3.74. The lowest BCUT2D eigenvalue weighted by Gasteiger charge is -2.38. The first kappa shape index (κ1) is 15.3. The lowest BCUT2D eigenvalue weighted by Crippen LogP contribution is -2.41. The zero-order valence-electron chi connectivity index (χ0n) is 11.4. The summed E-state index contributed by atoms with van der Waals surface area (Å²) in [4.78, 5) is 2.37. The van der Waals surface area contributed by atoms with Crippen molar-refractivity contribution in [1.29, 1.82) is 0 Å². The molecule has 0 bridgehead atoms. The molecule has 1 aliphatic rings. The Morgan fingerprint density at radius 3 is 2.63 bits per heavy atom. The van der Waals surface area contributed by atoms with Crippen LogP contribution in [0.1, 0.15) is 18.4 Å². The lowest BCUT2D eigenvalue weighted by atomic mass is 9.82. The molecule has 0 radical (unpaired) electrons. The number of halogens is 2. The molecule has 1 saturated heterocycles. The topological polar surface area (TPSA) is 12.5 Å². The van der Waals surface area contributed by atoms with Crippen molar-refractivity contribution < 1.29 is 4.74 Å². The summed E-state index contributed by atoms with van der Waals surface area (Å²) in [5, 5.41) is 1.89. The maximum absolute atomic E-state index is 6.22. The Balaban J connectivity index is 1.96. The van der Waals surface area contributed by atoms with E-state index in [0.29, 0.717) is 5.41 Å². The number of hydrogen-bond donors (Lipinski definition) is 0. The van der Waals surface area contributed by atoms with E-state index in [1.165, 1.54) is 5.56 Å². The molecule has 2 nitrogen and oxygen atoms in total. The van der Waals surface area contributed by atoms with Crippen molar-refractivity contribution in [2.24, 2.45) is 5.41 Å². The predicted molar refractivity (Wildman–Crippen MR) is 84.1 cm³/mol. The molecule has 0 N–H and O–H groups in total. The summed E-state index contributed by atoms with van der Waals surface area (Å²) >= 11 is 9.91. The quantitative estimate of drug-likeness (QED) is 0.748. The normalized spacial score (nSPS) is 18.7. The van der Waals surface area contributed by atoms with Crippen molar-refractivity contribution in [1.82, 2.24) is 4.90 Å². The van der Waals surface area contributed by atoms with Gasteiger partial charge in [0.25, 0.3) is 0 Å². The minimum Gasteiger partial charge on any atom is -0.381 e. The van der Waals surface area contributed by atoms with Crippen LogP contribution in [-0.4, -0.2) is 37.0 Å². The molecule has 0 saturated carbocycles. The second-order valence-electron chi connectivity index (χ2n) is 5.51. The standard InChI is InChI=1S/C15H21BrClNO/c1-18(10-13-4-2-3-5-14(13)17)12-15(11-16)6-8-19-9-7-15/h2-5H,6-12H2,1H3. The molecule has 0 aliphatic carbocycles. The number of nitrogens with zero attached hydrogens (tertiary/aromatic N) is 1. The second kappa shape index (κ2) is 7.07. The van der Waals surface area contributed by atoms with E-state index in [4.69, 9.17) is 16.3 Å². The van der Waals surface area contributed by atoms with Crippen molar-refractivity contribution in [3.63, 3.8) is 0 Å². The van der Waals surface area contributed by atoms with Gasteiger partial charge in [-0.2, -0.15) is 0 Å². The number of ether oxygens (including phenoxy) is 1. The van der Waals surface area contributed by atoms with Gasteiger partial charge in [0, 0.05) is 36.7 Å². The van der Waals surface area contributed by atoms with Crippen LogP contribution in [0.15, 0.2) is 24.3 Å². The number of benzene rings is 1. The van der Waals surface area contributed by atoms with Gasteiger partial charge in [-0.1, -0.05) is 45.7 Å². The SMILES string of the molecule is CN(Cc1ccccc1Cl)CC1(CBr)CCOCC1. The predicted octanol–water partition coefficient (Wildman–Crippen LogP) is 3.96. The molecule has 1 aromatic carbocycles. The Morgan fingerprint density at radius 2 is 2.00 bits per heavy atom. The van der Waals surface area contributed by atoms with Crippen LogP contribution in [-0.2, 0) is 11.3 Å². The molecule has 106 valence electrons. The fourth-order valence-corrected chi connectivity index (χ4v) is 3.62. The van der Waals surface area contributed by atoms with E-state index in [1.54, 1.807) is 0 Å². The van der Waals surface area contributed by atoms with Crippen molar-refractivity contribution in [2.75, 3.05) is 32.1 Å². The zero-order valence-corrected chi connectivity index (χ0v) is 13.7. The van der Waals surface area contributed by atoms with Gasteiger partial charge in [-0.25, -0.2) is 0 Å². The smallest absolute Gasteiger partial charge is 0.0472 e. The summed E-state index contributed by atoms with van der Waals surface area (Å²) in [6.07, 6.45) is 2.26. The fraction of sp³-hybridized carbons (Fsp3) is 0.600. The highest BCUT2D eigenvalue weighted by Gasteiger charge is 2.32. The van der Waals surface area contributed by atoms with Crippen molar-refractivity contribution >= 4 is 27.5 Å². The van der Waals surface area contributed by atoms with E-state index in [9.17, 15) is 0 Å². The number of rotatable bonds is 5. The molecule has 0 unspecified atom stereocenters. The van der Waals surface area contributed by atoms with Gasteiger partial charge in [-0.15, -0.1) is 0 Å². The van der Waals surface area contributed by atoms with Crippen LogP contribution < -0.4 is 0 Å². The molecule has 0 aromatic heterocycles. The summed E-state index contributed by atoms with van der Waals surface area (Å²) < 4.78 is 5.49. The van der Waals surface area contributed by atoms with Crippen LogP contribution in [0, 0.1) is 5.41 Å². The Kier molecular flexibility index (Phi) is 5.70. The first-order chi connectivity index (χ1) is 9.15. The Morgan fingerprint density at radius 1 is 1.32 bits per heavy atom. The van der Waals surface area contributed by atoms with Crippen molar-refractivity contribution in [3.8, 4) is 0 Å². The number of alkyl halides is 1. The molecule has 0 spiro atoms. The Bertz CT molecular complexity index is 407. The zero-order chi connectivity index (χ0) is 13.7. The minimum absolute atomic E-state index is 0.342. The summed E-state index contributed by atoms with van der Waals surface area (Å²) in [7, 11) is 2.17. The Labute approximate surface area is 129 Å². The third-order valence-electron chi connectivity index (χ3n) is 3.84. The third kappa shape index (κ3) is 4.19. The van der Waals surface area contributed by atoms with Gasteiger partial charge < -0.3 is 9.64 Å². The molecule has 0 amide bonds. The van der Waals surface area contributed by atoms with Crippen LogP contribution in [0.5, 0.6) is 0 Å². The van der Waals surface area contributed by atoms with Crippen LogP contribution in [0.4, 0.5) is 0 Å². The molecule has 0 atom stereocenters. The van der Waals surface area contributed by atoms with Crippen molar-refractivity contribution in [2.45, 2.75) is 19.4 Å². The largest absolute Gasteiger partial charge is 0.381 e. The summed E-state index contributed by atoms with van der Waals surface area (Å²) in [5.41, 5.74) is 1.54. The molecule has 1 aliphatic heterocycles. The highest BCUT2D eigenvalue weighted by molar-refractivity contribution is 9.09. The summed E-state index contributed by atoms with van der Waals surface area (Å²) in [6, 6.07) is 8.08. The van der Waals surface area contributed by atoms with Gasteiger partial charge >= 0.3 is 0 Å². The van der Waals surface area contributed by atoms with E-state index in [0.717, 1.165) is 49.5 Å². The van der Waals surface area contributed by atoms with Crippen LogP contribution in [0.2, 0.25) is 5.02 Å². The molecule has 1 fully saturated rings. The second-order valence-corrected chi connectivity index (χ2v) is 6.48. The molecular formula is C15H21BrClNO. The fourth-order valence-electron chi connectivity index (χ4n) is 2.68. The average Bonchev–Trinajstić information content (AvgIpc) is 2.42. The first-order valence-electron chi connectivity index (χ1n) is 6.71. The van der Waals surface area contributed by atoms with Crippen molar-refractivity contribution in [3.05, 3.63) is 34.9 Å². The van der Waals surface area contributed by atoms with Gasteiger partial charge in [0.1, 0.15) is 0 Å². The summed E-state index contributed by atoms with van der Waals surface area (Å²) in [5.74, 6) is 0. The van der Waals surface area contributed by atoms with Crippen LogP contribution in [0.25, 0.3) is 0 Å². The highest BCUT2D eigenvalue weighted by atomic mass is 79.9. The molecular weight excluding hydrogens is 326 g/mol. The lowest BCUT2D eigenvalue weighted by molar-refractivity contribution is 0.0110. The van der Waals surface area contributed by atoms with Gasteiger partial charge in [0.2, 0.25) is 0 Å². The van der Waals surface area contributed by atoms with E-state index in [2.05, 4.69) is 33.9 Å². The van der Waals surface area contributed by atoms with Crippen LogP contribution in [0.3, 0.4) is 0 Å². The minimum atomic E-state index is 0.342. The van der Waals surface area contributed by atoms with E-state index in [1.807, 2.05) is 18.2 Å². The maximum atomic E-state index is 6.22. The average molecular weight is 347 g/mol. The van der Waals surface area contributed by atoms with E-state index >= 15 is 0 Å². The molecule has 4 heteroatoms. The highest BCUT2D eigenvalue weighted by Crippen LogP contribution is 2.33. The molecule has 1 heterocycles. The van der Waals surface area contributed by atoms with Gasteiger partial charge in [0.05, 0.1) is 0 Å². The van der Waals surface area contributed by atoms with E-state index in [-0.39, 0.29) is 0 Å². The molecule has 2 rings (SSSR count). The molecule has 1 aromatic rings. The monoisotopic (exact) mass is 345 g/mol. The third-order valence-corrected chi connectivity index (χ3v) is 5.40. The first-order valence-corrected chi connectivity index (χ1v) is 8.21. The van der Waals surface area contributed by atoms with Gasteiger partial charge in [-0.3, -0.25) is 0 Å². The molecule has 19 heavy (non-hydrogen) atoms. The van der Waals surface area contributed by atoms with Gasteiger partial charge in [0.15, 0.2) is 0 Å². The van der Waals surface area contributed by atoms with Crippen LogP contribution >= 0.6 is 27.5 Å². The maximum Gasteiger partial charge on any atom is 0.0472 e. The Hall–Kier alpha value is -0.0900. The van der Waals surface area contributed by atoms with E-state index < -0.39 is 0 Å². The number of hydrogen-bond acceptors (Lipinski definition) is 2. The van der Waals surface area contributed by atoms with Gasteiger partial charge in [-0.05, 0) is 36.9 Å².